The molecule has 142 valence electrons. The molecule has 0 aliphatic heterocycles. The Labute approximate surface area is 154 Å². The van der Waals surface area contributed by atoms with Crippen molar-refractivity contribution in [1.82, 2.24) is 0 Å². The van der Waals surface area contributed by atoms with Gasteiger partial charge in [-0.1, -0.05) is 70.7 Å². The Morgan fingerprint density at radius 1 is 1.00 bits per heavy atom. The van der Waals surface area contributed by atoms with Crippen molar-refractivity contribution < 1.29 is 13.0 Å². The van der Waals surface area contributed by atoms with Gasteiger partial charge in [-0.05, 0) is 54.1 Å². The molecule has 4 heteroatoms. The van der Waals surface area contributed by atoms with Crippen LogP contribution in [0.15, 0.2) is 24.3 Å². The molecule has 2 rings (SSSR count). The fraction of sp³-hybridized carbons (Fsp3) is 0.714. The zero-order chi connectivity index (χ0) is 18.6. The highest BCUT2D eigenvalue weighted by atomic mass is 32.2. The Kier molecular flexibility index (Phi) is 6.72. The van der Waals surface area contributed by atoms with Crippen molar-refractivity contribution in [2.24, 2.45) is 5.41 Å². The van der Waals surface area contributed by atoms with Crippen molar-refractivity contribution in [1.29, 1.82) is 0 Å². The average Bonchev–Trinajstić information content (AvgIpc) is 2.51. The number of rotatable bonds is 7. The highest BCUT2D eigenvalue weighted by Crippen LogP contribution is 2.43. The molecule has 0 heterocycles. The van der Waals surface area contributed by atoms with E-state index in [1.807, 2.05) is 0 Å². The lowest BCUT2D eigenvalue weighted by Gasteiger charge is -2.38. The summed E-state index contributed by atoms with van der Waals surface area (Å²) in [6.07, 6.45) is 9.92. The van der Waals surface area contributed by atoms with Gasteiger partial charge >= 0.3 is 0 Å². The lowest BCUT2D eigenvalue weighted by atomic mass is 9.67. The average molecular weight is 367 g/mol. The first-order valence-corrected chi connectivity index (χ1v) is 11.3. The van der Waals surface area contributed by atoms with E-state index in [0.29, 0.717) is 11.8 Å². The molecule has 1 aliphatic rings. The van der Waals surface area contributed by atoms with Crippen LogP contribution in [0.2, 0.25) is 0 Å². The van der Waals surface area contributed by atoms with Gasteiger partial charge in [0.25, 0.3) is 10.1 Å². The van der Waals surface area contributed by atoms with E-state index in [2.05, 4.69) is 45.0 Å². The zero-order valence-corrected chi connectivity index (χ0v) is 16.9. The highest BCUT2D eigenvalue weighted by Gasteiger charge is 2.31. The number of hydrogen-bond donors (Lipinski definition) is 1. The van der Waals surface area contributed by atoms with Gasteiger partial charge in [0, 0.05) is 0 Å². The highest BCUT2D eigenvalue weighted by molar-refractivity contribution is 7.85. The molecule has 0 radical (unpaired) electrons. The van der Waals surface area contributed by atoms with E-state index in [-0.39, 0.29) is 11.2 Å². The van der Waals surface area contributed by atoms with Crippen LogP contribution in [0.3, 0.4) is 0 Å². The lowest BCUT2D eigenvalue weighted by Crippen LogP contribution is -2.27. The fourth-order valence-corrected chi connectivity index (χ4v) is 4.73. The third kappa shape index (κ3) is 6.74. The summed E-state index contributed by atoms with van der Waals surface area (Å²) in [7, 11) is -3.82. The summed E-state index contributed by atoms with van der Waals surface area (Å²) < 4.78 is 30.8. The maximum Gasteiger partial charge on any atom is 0.264 e. The van der Waals surface area contributed by atoms with Crippen LogP contribution in [0.4, 0.5) is 0 Å². The molecule has 1 fully saturated rings. The molecule has 0 saturated heterocycles. The van der Waals surface area contributed by atoms with Crippen molar-refractivity contribution in [3.63, 3.8) is 0 Å². The first-order chi connectivity index (χ1) is 11.6. The molecule has 1 aliphatic carbocycles. The third-order valence-corrected chi connectivity index (χ3v) is 6.48. The Morgan fingerprint density at radius 3 is 2.12 bits per heavy atom. The Balaban J connectivity index is 2.01. The minimum Gasteiger partial charge on any atom is -0.286 e. The molecule has 0 bridgehead atoms. The van der Waals surface area contributed by atoms with Crippen LogP contribution in [-0.2, 0) is 22.0 Å². The summed E-state index contributed by atoms with van der Waals surface area (Å²) in [6.45, 7) is 6.71. The van der Waals surface area contributed by atoms with Crippen molar-refractivity contribution in [3.8, 4) is 0 Å². The van der Waals surface area contributed by atoms with Gasteiger partial charge in [-0.3, -0.25) is 4.55 Å². The molecule has 0 amide bonds. The maximum atomic E-state index is 10.9. The molecule has 1 aromatic rings. The van der Waals surface area contributed by atoms with Gasteiger partial charge in [0.2, 0.25) is 0 Å². The molecule has 0 aromatic heterocycles. The minimum absolute atomic E-state index is 0.108. The molecule has 25 heavy (non-hydrogen) atoms. The molecule has 3 nitrogen and oxygen atoms in total. The van der Waals surface area contributed by atoms with Crippen molar-refractivity contribution >= 4 is 10.1 Å². The Morgan fingerprint density at radius 2 is 1.60 bits per heavy atom. The predicted molar refractivity (Wildman–Crippen MR) is 105 cm³/mol. The summed E-state index contributed by atoms with van der Waals surface area (Å²) in [4.78, 5) is 0. The van der Waals surface area contributed by atoms with Crippen LogP contribution in [0.5, 0.6) is 0 Å². The zero-order valence-electron chi connectivity index (χ0n) is 16.1. The SMILES string of the molecule is CC(C)(C)c1ccc(CC2(CCCCS(=O)(=O)O)CCCCC2)cc1. The first kappa shape index (κ1) is 20.4. The van der Waals surface area contributed by atoms with Gasteiger partial charge in [0.05, 0.1) is 5.75 Å². The number of hydrogen-bond acceptors (Lipinski definition) is 2. The van der Waals surface area contributed by atoms with E-state index >= 15 is 0 Å². The third-order valence-electron chi connectivity index (χ3n) is 5.67. The van der Waals surface area contributed by atoms with Crippen molar-refractivity contribution in [2.75, 3.05) is 5.75 Å². The smallest absolute Gasteiger partial charge is 0.264 e. The summed E-state index contributed by atoms with van der Waals surface area (Å²) in [6, 6.07) is 9.05. The van der Waals surface area contributed by atoms with Crippen LogP contribution in [0.25, 0.3) is 0 Å². The van der Waals surface area contributed by atoms with E-state index in [1.54, 1.807) is 0 Å². The molecule has 1 N–H and O–H groups in total. The van der Waals surface area contributed by atoms with Crippen molar-refractivity contribution in [3.05, 3.63) is 35.4 Å². The second-order valence-electron chi connectivity index (χ2n) is 8.93. The standard InChI is InChI=1S/C21H34O3S/c1-20(2,3)19-11-9-18(10-12-19)17-21(13-5-4-6-14-21)15-7-8-16-25(22,23)24/h9-12H,4-8,13-17H2,1-3H3,(H,22,23,24). The monoisotopic (exact) mass is 366 g/mol. The van der Waals surface area contributed by atoms with Gasteiger partial charge in [-0.25, -0.2) is 0 Å². The van der Waals surface area contributed by atoms with E-state index in [9.17, 15) is 8.42 Å². The maximum absolute atomic E-state index is 10.9. The second kappa shape index (κ2) is 8.22. The number of benzene rings is 1. The van der Waals surface area contributed by atoms with Crippen LogP contribution >= 0.6 is 0 Å². The largest absolute Gasteiger partial charge is 0.286 e. The lowest BCUT2D eigenvalue weighted by molar-refractivity contribution is 0.166. The Hall–Kier alpha value is -0.870. The normalized spacial score (nSPS) is 18.2. The Bertz CT molecular complexity index is 633. The van der Waals surface area contributed by atoms with Gasteiger partial charge < -0.3 is 0 Å². The van der Waals surface area contributed by atoms with E-state index in [0.717, 1.165) is 19.3 Å². The number of unbranched alkanes of at least 4 members (excludes halogenated alkanes) is 1. The summed E-state index contributed by atoms with van der Waals surface area (Å²) in [5.41, 5.74) is 3.24. The van der Waals surface area contributed by atoms with Crippen LogP contribution in [-0.4, -0.2) is 18.7 Å². The van der Waals surface area contributed by atoms with E-state index < -0.39 is 10.1 Å². The van der Waals surface area contributed by atoms with Gasteiger partial charge in [0.1, 0.15) is 0 Å². The molecule has 1 aromatic carbocycles. The molecule has 0 unspecified atom stereocenters. The minimum atomic E-state index is -3.82. The van der Waals surface area contributed by atoms with E-state index in [1.165, 1.54) is 43.2 Å². The van der Waals surface area contributed by atoms with Crippen LogP contribution < -0.4 is 0 Å². The predicted octanol–water partition coefficient (Wildman–Crippen LogP) is 5.54. The summed E-state index contributed by atoms with van der Waals surface area (Å²) >= 11 is 0. The fourth-order valence-electron chi connectivity index (χ4n) is 4.16. The second-order valence-corrected chi connectivity index (χ2v) is 10.5. The first-order valence-electron chi connectivity index (χ1n) is 9.64. The molecule has 0 spiro atoms. The molecular weight excluding hydrogens is 332 g/mol. The summed E-state index contributed by atoms with van der Waals surface area (Å²) in [5, 5.41) is 0. The quantitative estimate of drug-likeness (QED) is 0.509. The van der Waals surface area contributed by atoms with Crippen LogP contribution in [0.1, 0.15) is 83.3 Å². The van der Waals surface area contributed by atoms with E-state index in [4.69, 9.17) is 4.55 Å². The molecular formula is C21H34O3S. The van der Waals surface area contributed by atoms with Gasteiger partial charge in [-0.15, -0.1) is 0 Å². The summed E-state index contributed by atoms with van der Waals surface area (Å²) in [5.74, 6) is -0.108. The van der Waals surface area contributed by atoms with Gasteiger partial charge in [-0.2, -0.15) is 8.42 Å². The van der Waals surface area contributed by atoms with Gasteiger partial charge in [0.15, 0.2) is 0 Å². The van der Waals surface area contributed by atoms with Crippen LogP contribution in [0, 0.1) is 5.41 Å². The molecule has 1 saturated carbocycles. The topological polar surface area (TPSA) is 54.4 Å². The van der Waals surface area contributed by atoms with Crippen molar-refractivity contribution in [2.45, 2.75) is 84.0 Å². The molecule has 0 atom stereocenters.